The summed E-state index contributed by atoms with van der Waals surface area (Å²) in [6.45, 7) is 4.17. The van der Waals surface area contributed by atoms with Gasteiger partial charge in [-0.1, -0.05) is 10.5 Å². The number of hydrogen-bond acceptors (Lipinski definition) is 7. The van der Waals surface area contributed by atoms with E-state index < -0.39 is 22.6 Å². The fraction of sp³-hybridized carbons (Fsp3) is 0.529. The van der Waals surface area contributed by atoms with Gasteiger partial charge in [-0.2, -0.15) is 0 Å². The Morgan fingerprint density at radius 1 is 1.26 bits per heavy atom. The SMILES string of the molecule is CON(C)S(=O)(=O)c1cccc(C(=O)OCC(=O)N2C[C@@H](C)O[C@H](C)C2)c1. The van der Waals surface area contributed by atoms with Crippen LogP contribution in [0.2, 0.25) is 0 Å². The Morgan fingerprint density at radius 3 is 2.48 bits per heavy atom. The van der Waals surface area contributed by atoms with Crippen molar-refractivity contribution in [2.45, 2.75) is 31.0 Å². The van der Waals surface area contributed by atoms with E-state index in [1.807, 2.05) is 13.8 Å². The van der Waals surface area contributed by atoms with Gasteiger partial charge in [0.25, 0.3) is 15.9 Å². The monoisotopic (exact) mass is 400 g/mol. The Morgan fingerprint density at radius 2 is 1.89 bits per heavy atom. The Kier molecular flexibility index (Phi) is 6.93. The molecule has 2 rings (SSSR count). The second-order valence-electron chi connectivity index (χ2n) is 6.26. The molecule has 9 nitrogen and oxygen atoms in total. The lowest BCUT2D eigenvalue weighted by Gasteiger charge is -2.35. The molecule has 1 aliphatic rings. The lowest BCUT2D eigenvalue weighted by atomic mass is 10.2. The highest BCUT2D eigenvalue weighted by Gasteiger charge is 2.27. The van der Waals surface area contributed by atoms with Crippen molar-refractivity contribution in [1.82, 2.24) is 9.37 Å². The summed E-state index contributed by atoms with van der Waals surface area (Å²) < 4.78 is 35.8. The molecule has 27 heavy (non-hydrogen) atoms. The van der Waals surface area contributed by atoms with E-state index >= 15 is 0 Å². The average Bonchev–Trinajstić information content (AvgIpc) is 2.64. The number of nitrogens with zero attached hydrogens (tertiary/aromatic N) is 2. The van der Waals surface area contributed by atoms with E-state index in [1.165, 1.54) is 38.4 Å². The van der Waals surface area contributed by atoms with Crippen LogP contribution in [0.1, 0.15) is 24.2 Å². The van der Waals surface area contributed by atoms with Gasteiger partial charge in [-0.25, -0.2) is 13.2 Å². The number of carbonyl (C=O) groups excluding carboxylic acids is 2. The largest absolute Gasteiger partial charge is 0.452 e. The van der Waals surface area contributed by atoms with Crippen molar-refractivity contribution in [2.75, 3.05) is 33.9 Å². The molecule has 10 heteroatoms. The molecule has 0 aliphatic carbocycles. The molecule has 1 fully saturated rings. The number of rotatable bonds is 6. The van der Waals surface area contributed by atoms with Crippen molar-refractivity contribution in [2.24, 2.45) is 0 Å². The van der Waals surface area contributed by atoms with Crippen molar-refractivity contribution in [3.8, 4) is 0 Å². The molecule has 1 aromatic rings. The zero-order valence-electron chi connectivity index (χ0n) is 15.7. The maximum absolute atomic E-state index is 12.3. The fourth-order valence-corrected chi connectivity index (χ4v) is 3.73. The van der Waals surface area contributed by atoms with E-state index in [9.17, 15) is 18.0 Å². The van der Waals surface area contributed by atoms with Gasteiger partial charge in [0, 0.05) is 20.1 Å². The van der Waals surface area contributed by atoms with E-state index in [2.05, 4.69) is 0 Å². The Labute approximate surface area is 158 Å². The molecule has 0 spiro atoms. The second kappa shape index (κ2) is 8.79. The van der Waals surface area contributed by atoms with Crippen LogP contribution in [0.4, 0.5) is 0 Å². The molecule has 0 saturated carbocycles. The molecule has 1 aromatic carbocycles. The third-order valence-electron chi connectivity index (χ3n) is 4.06. The molecule has 0 N–H and O–H groups in total. The Hall–Kier alpha value is -2.01. The lowest BCUT2D eigenvalue weighted by Crippen LogP contribution is -2.49. The van der Waals surface area contributed by atoms with Gasteiger partial charge in [0.05, 0.1) is 29.8 Å². The van der Waals surface area contributed by atoms with Gasteiger partial charge in [-0.05, 0) is 32.0 Å². The Balaban J connectivity index is 2.02. The van der Waals surface area contributed by atoms with Crippen molar-refractivity contribution < 1.29 is 32.3 Å². The number of morpholine rings is 1. The van der Waals surface area contributed by atoms with Gasteiger partial charge in [-0.15, -0.1) is 0 Å². The molecule has 0 radical (unpaired) electrons. The lowest BCUT2D eigenvalue weighted by molar-refractivity contribution is -0.146. The standard InChI is InChI=1S/C17H24N2O7S/c1-12-9-19(10-13(2)26-12)16(20)11-25-17(21)14-6-5-7-15(8-14)27(22,23)18(3)24-4/h5-8,12-13H,9-11H2,1-4H3/t12-,13-/m1/s1. The van der Waals surface area contributed by atoms with E-state index in [0.29, 0.717) is 17.6 Å². The van der Waals surface area contributed by atoms with Crippen LogP contribution in [-0.2, 0) is 29.1 Å². The minimum atomic E-state index is -3.89. The topological polar surface area (TPSA) is 102 Å². The summed E-state index contributed by atoms with van der Waals surface area (Å²) in [4.78, 5) is 30.6. The van der Waals surface area contributed by atoms with Gasteiger partial charge in [0.2, 0.25) is 0 Å². The van der Waals surface area contributed by atoms with E-state index in [0.717, 1.165) is 0 Å². The minimum absolute atomic E-state index is 0.0251. The highest BCUT2D eigenvalue weighted by Crippen LogP contribution is 2.17. The zero-order valence-corrected chi connectivity index (χ0v) is 16.6. The summed E-state index contributed by atoms with van der Waals surface area (Å²) in [7, 11) is -1.44. The highest BCUT2D eigenvalue weighted by atomic mass is 32.2. The molecule has 2 atom stereocenters. The van der Waals surface area contributed by atoms with Crippen molar-refractivity contribution >= 4 is 21.9 Å². The normalized spacial score (nSPS) is 20.6. The van der Waals surface area contributed by atoms with E-state index in [4.69, 9.17) is 14.3 Å². The van der Waals surface area contributed by atoms with Crippen LogP contribution in [0, 0.1) is 0 Å². The number of sulfonamides is 1. The quantitative estimate of drug-likeness (QED) is 0.510. The molecule has 1 heterocycles. The Bertz CT molecular complexity index is 786. The maximum atomic E-state index is 12.3. The molecular weight excluding hydrogens is 376 g/mol. The zero-order chi connectivity index (χ0) is 20.2. The first-order chi connectivity index (χ1) is 12.6. The molecule has 0 unspecified atom stereocenters. The van der Waals surface area contributed by atoms with Crippen molar-refractivity contribution in [3.05, 3.63) is 29.8 Å². The predicted molar refractivity (Wildman–Crippen MR) is 95.3 cm³/mol. The summed E-state index contributed by atoms with van der Waals surface area (Å²) in [5.41, 5.74) is 0.0251. The minimum Gasteiger partial charge on any atom is -0.452 e. The van der Waals surface area contributed by atoms with E-state index in [1.54, 1.807) is 4.90 Å². The highest BCUT2D eigenvalue weighted by molar-refractivity contribution is 7.89. The van der Waals surface area contributed by atoms with Gasteiger partial charge >= 0.3 is 5.97 Å². The first-order valence-corrected chi connectivity index (χ1v) is 9.82. The number of hydrogen-bond donors (Lipinski definition) is 0. The number of esters is 1. The van der Waals surface area contributed by atoms with Crippen molar-refractivity contribution in [1.29, 1.82) is 0 Å². The number of benzene rings is 1. The van der Waals surface area contributed by atoms with Gasteiger partial charge < -0.3 is 14.4 Å². The first kappa shape index (κ1) is 21.3. The van der Waals surface area contributed by atoms with Crippen LogP contribution in [0.5, 0.6) is 0 Å². The summed E-state index contributed by atoms with van der Waals surface area (Å²) in [5.74, 6) is -1.11. The molecule has 0 bridgehead atoms. The molecule has 150 valence electrons. The van der Waals surface area contributed by atoms with Gasteiger partial charge in [0.15, 0.2) is 6.61 Å². The molecule has 0 aromatic heterocycles. The number of carbonyl (C=O) groups is 2. The van der Waals surface area contributed by atoms with Gasteiger partial charge in [-0.3, -0.25) is 9.63 Å². The number of ether oxygens (including phenoxy) is 2. The third kappa shape index (κ3) is 5.25. The third-order valence-corrected chi connectivity index (χ3v) is 5.74. The van der Waals surface area contributed by atoms with Gasteiger partial charge in [0.1, 0.15) is 0 Å². The molecule has 1 saturated heterocycles. The van der Waals surface area contributed by atoms with Crippen LogP contribution in [-0.4, -0.2) is 75.7 Å². The van der Waals surface area contributed by atoms with Crippen LogP contribution < -0.4 is 0 Å². The number of hydroxylamine groups is 1. The smallest absolute Gasteiger partial charge is 0.338 e. The summed E-state index contributed by atoms with van der Waals surface area (Å²) >= 11 is 0. The maximum Gasteiger partial charge on any atom is 0.338 e. The average molecular weight is 400 g/mol. The number of amides is 1. The summed E-state index contributed by atoms with van der Waals surface area (Å²) in [6, 6.07) is 5.34. The van der Waals surface area contributed by atoms with Crippen LogP contribution in [0.3, 0.4) is 0 Å². The molecule has 1 aliphatic heterocycles. The van der Waals surface area contributed by atoms with Crippen LogP contribution in [0.25, 0.3) is 0 Å². The second-order valence-corrected chi connectivity index (χ2v) is 8.19. The summed E-state index contributed by atoms with van der Waals surface area (Å²) in [6.07, 6.45) is -0.180. The fourth-order valence-electron chi connectivity index (χ4n) is 2.71. The van der Waals surface area contributed by atoms with Crippen LogP contribution in [0.15, 0.2) is 29.2 Å². The predicted octanol–water partition coefficient (Wildman–Crippen LogP) is 0.661. The van der Waals surface area contributed by atoms with Crippen molar-refractivity contribution in [3.63, 3.8) is 0 Å². The molecular formula is C17H24N2O7S. The summed E-state index contributed by atoms with van der Waals surface area (Å²) in [5, 5.41) is 0. The first-order valence-electron chi connectivity index (χ1n) is 8.38. The molecule has 1 amide bonds. The van der Waals surface area contributed by atoms with E-state index in [-0.39, 0.29) is 28.6 Å². The van der Waals surface area contributed by atoms with Crippen LogP contribution >= 0.6 is 0 Å².